The van der Waals surface area contributed by atoms with Gasteiger partial charge in [0.15, 0.2) is 0 Å². The number of hydrogen-bond acceptors (Lipinski definition) is 3. The molecule has 2 aromatic rings. The summed E-state index contributed by atoms with van der Waals surface area (Å²) >= 11 is 0. The van der Waals surface area contributed by atoms with Gasteiger partial charge in [0.05, 0.1) is 14.2 Å². The topological polar surface area (TPSA) is 30.5 Å². The van der Waals surface area contributed by atoms with Gasteiger partial charge in [-0.2, -0.15) is 0 Å². The fraction of sp³-hybridized carbons (Fsp3) is 0.294. The van der Waals surface area contributed by atoms with Gasteiger partial charge >= 0.3 is 0 Å². The Morgan fingerprint density at radius 2 is 1.86 bits per heavy atom. The summed E-state index contributed by atoms with van der Waals surface area (Å²) in [6, 6.07) is 12.6. The van der Waals surface area contributed by atoms with E-state index in [1.165, 1.54) is 13.2 Å². The Bertz CT molecular complexity index is 601. The van der Waals surface area contributed by atoms with Crippen molar-refractivity contribution in [2.45, 2.75) is 12.5 Å². The average Bonchev–Trinajstić information content (AvgIpc) is 2.53. The Morgan fingerprint density at radius 3 is 2.48 bits per heavy atom. The Kier molecular flexibility index (Phi) is 5.17. The summed E-state index contributed by atoms with van der Waals surface area (Å²) in [7, 11) is 4.99. The van der Waals surface area contributed by atoms with Crippen LogP contribution in [0.1, 0.15) is 17.2 Å². The van der Waals surface area contributed by atoms with Crippen LogP contribution in [0.15, 0.2) is 42.5 Å². The van der Waals surface area contributed by atoms with Gasteiger partial charge in [-0.05, 0) is 31.2 Å². The van der Waals surface area contributed by atoms with Gasteiger partial charge in [0, 0.05) is 17.7 Å². The highest BCUT2D eigenvalue weighted by molar-refractivity contribution is 5.37. The lowest BCUT2D eigenvalue weighted by Crippen LogP contribution is -2.20. The molecule has 0 bridgehead atoms. The van der Waals surface area contributed by atoms with Gasteiger partial charge < -0.3 is 14.8 Å². The molecule has 0 aliphatic carbocycles. The number of benzene rings is 2. The van der Waals surface area contributed by atoms with E-state index in [-0.39, 0.29) is 11.9 Å². The molecule has 21 heavy (non-hydrogen) atoms. The van der Waals surface area contributed by atoms with Crippen molar-refractivity contribution in [3.63, 3.8) is 0 Å². The Balaban J connectivity index is 2.28. The standard InChI is InChI=1S/C17H20FNO2/c1-19-16(10-12-6-4-5-7-17(12)21-3)14-9-8-13(20-2)11-15(14)18/h4-9,11,16,19H,10H2,1-3H3. The molecule has 3 nitrogen and oxygen atoms in total. The number of hydrogen-bond donors (Lipinski definition) is 1. The Hall–Kier alpha value is -2.07. The fourth-order valence-electron chi connectivity index (χ4n) is 2.38. The van der Waals surface area contributed by atoms with Gasteiger partial charge in [0.25, 0.3) is 0 Å². The molecule has 1 unspecified atom stereocenters. The van der Waals surface area contributed by atoms with E-state index in [4.69, 9.17) is 9.47 Å². The minimum absolute atomic E-state index is 0.132. The van der Waals surface area contributed by atoms with Crippen molar-refractivity contribution in [3.05, 3.63) is 59.4 Å². The molecule has 0 saturated carbocycles. The van der Waals surface area contributed by atoms with Crippen LogP contribution in [0, 0.1) is 5.82 Å². The molecule has 0 fully saturated rings. The van der Waals surface area contributed by atoms with Crippen molar-refractivity contribution in [3.8, 4) is 11.5 Å². The first-order valence-electron chi connectivity index (χ1n) is 6.82. The highest BCUT2D eigenvalue weighted by Gasteiger charge is 2.17. The molecule has 0 saturated heterocycles. The van der Waals surface area contributed by atoms with E-state index >= 15 is 0 Å². The number of rotatable bonds is 6. The monoisotopic (exact) mass is 289 g/mol. The van der Waals surface area contributed by atoms with Crippen LogP contribution in [-0.4, -0.2) is 21.3 Å². The van der Waals surface area contributed by atoms with Crippen LogP contribution in [0.5, 0.6) is 11.5 Å². The second-order valence-electron chi connectivity index (χ2n) is 4.74. The number of nitrogens with one attached hydrogen (secondary N) is 1. The molecule has 4 heteroatoms. The maximum absolute atomic E-state index is 14.2. The molecule has 0 aliphatic rings. The largest absolute Gasteiger partial charge is 0.497 e. The van der Waals surface area contributed by atoms with E-state index in [0.29, 0.717) is 17.7 Å². The number of halogens is 1. The zero-order chi connectivity index (χ0) is 15.2. The molecule has 1 N–H and O–H groups in total. The first-order valence-corrected chi connectivity index (χ1v) is 6.82. The van der Waals surface area contributed by atoms with Crippen molar-refractivity contribution in [1.29, 1.82) is 0 Å². The average molecular weight is 289 g/mol. The van der Waals surface area contributed by atoms with E-state index in [0.717, 1.165) is 11.3 Å². The molecule has 0 amide bonds. The van der Waals surface area contributed by atoms with Gasteiger partial charge in [0.1, 0.15) is 17.3 Å². The minimum Gasteiger partial charge on any atom is -0.497 e. The number of para-hydroxylation sites is 1. The maximum atomic E-state index is 14.2. The van der Waals surface area contributed by atoms with Gasteiger partial charge in [-0.1, -0.05) is 24.3 Å². The molecular weight excluding hydrogens is 269 g/mol. The van der Waals surface area contributed by atoms with Crippen molar-refractivity contribution < 1.29 is 13.9 Å². The van der Waals surface area contributed by atoms with E-state index in [2.05, 4.69) is 5.32 Å². The third kappa shape index (κ3) is 3.52. The highest BCUT2D eigenvalue weighted by Crippen LogP contribution is 2.27. The molecule has 0 radical (unpaired) electrons. The molecule has 2 rings (SSSR count). The zero-order valence-corrected chi connectivity index (χ0v) is 12.5. The lowest BCUT2D eigenvalue weighted by molar-refractivity contribution is 0.404. The van der Waals surface area contributed by atoms with Crippen LogP contribution < -0.4 is 14.8 Å². The van der Waals surface area contributed by atoms with Crippen LogP contribution in [0.2, 0.25) is 0 Å². The summed E-state index contributed by atoms with van der Waals surface area (Å²) in [6.45, 7) is 0. The van der Waals surface area contributed by atoms with Crippen molar-refractivity contribution in [2.75, 3.05) is 21.3 Å². The summed E-state index contributed by atoms with van der Waals surface area (Å²) in [6.07, 6.45) is 0.643. The summed E-state index contributed by atoms with van der Waals surface area (Å²) in [5, 5.41) is 3.16. The zero-order valence-electron chi connectivity index (χ0n) is 12.5. The fourth-order valence-corrected chi connectivity index (χ4v) is 2.38. The predicted octanol–water partition coefficient (Wildman–Crippen LogP) is 3.35. The van der Waals surface area contributed by atoms with Gasteiger partial charge in [-0.25, -0.2) is 4.39 Å². The second-order valence-corrected chi connectivity index (χ2v) is 4.74. The summed E-state index contributed by atoms with van der Waals surface area (Å²) < 4.78 is 24.6. The molecular formula is C17H20FNO2. The van der Waals surface area contributed by atoms with E-state index in [9.17, 15) is 4.39 Å². The third-order valence-electron chi connectivity index (χ3n) is 3.55. The predicted molar refractivity (Wildman–Crippen MR) is 81.5 cm³/mol. The van der Waals surface area contributed by atoms with E-state index in [1.807, 2.05) is 31.3 Å². The van der Waals surface area contributed by atoms with Crippen LogP contribution in [-0.2, 0) is 6.42 Å². The summed E-state index contributed by atoms with van der Waals surface area (Å²) in [4.78, 5) is 0. The first kappa shape index (κ1) is 15.3. The first-order chi connectivity index (χ1) is 10.2. The SMILES string of the molecule is CNC(Cc1ccccc1OC)c1ccc(OC)cc1F. The van der Waals surface area contributed by atoms with Crippen molar-refractivity contribution >= 4 is 0 Å². The van der Waals surface area contributed by atoms with Crippen LogP contribution in [0.3, 0.4) is 0 Å². The summed E-state index contributed by atoms with van der Waals surface area (Å²) in [5.41, 5.74) is 1.65. The van der Waals surface area contributed by atoms with Gasteiger partial charge in [-0.3, -0.25) is 0 Å². The van der Waals surface area contributed by atoms with Crippen molar-refractivity contribution in [1.82, 2.24) is 5.32 Å². The quantitative estimate of drug-likeness (QED) is 0.884. The highest BCUT2D eigenvalue weighted by atomic mass is 19.1. The Morgan fingerprint density at radius 1 is 1.10 bits per heavy atom. The second kappa shape index (κ2) is 7.09. The van der Waals surface area contributed by atoms with Crippen LogP contribution in [0.25, 0.3) is 0 Å². The lowest BCUT2D eigenvalue weighted by atomic mass is 9.98. The molecule has 0 aliphatic heterocycles. The molecule has 0 spiro atoms. The maximum Gasteiger partial charge on any atom is 0.131 e. The number of likely N-dealkylation sites (N-methyl/N-ethyl adjacent to an activating group) is 1. The number of ether oxygens (including phenoxy) is 2. The van der Waals surface area contributed by atoms with Crippen LogP contribution in [0.4, 0.5) is 4.39 Å². The molecule has 0 aromatic heterocycles. The molecule has 1 atom stereocenters. The van der Waals surface area contributed by atoms with Gasteiger partial charge in [0.2, 0.25) is 0 Å². The summed E-state index contributed by atoms with van der Waals surface area (Å²) in [5.74, 6) is 1.05. The van der Waals surface area contributed by atoms with E-state index in [1.54, 1.807) is 19.2 Å². The lowest BCUT2D eigenvalue weighted by Gasteiger charge is -2.19. The number of methoxy groups -OCH3 is 2. The third-order valence-corrected chi connectivity index (χ3v) is 3.55. The van der Waals surface area contributed by atoms with Crippen molar-refractivity contribution in [2.24, 2.45) is 0 Å². The molecule has 112 valence electrons. The van der Waals surface area contributed by atoms with Gasteiger partial charge in [-0.15, -0.1) is 0 Å². The van der Waals surface area contributed by atoms with E-state index < -0.39 is 0 Å². The smallest absolute Gasteiger partial charge is 0.131 e. The Labute approximate surface area is 124 Å². The van der Waals surface area contributed by atoms with Crippen LogP contribution >= 0.6 is 0 Å². The normalized spacial score (nSPS) is 12.0. The molecule has 0 heterocycles. The molecule has 2 aromatic carbocycles. The minimum atomic E-state index is -0.274.